The molecule has 0 saturated carbocycles. The van der Waals surface area contributed by atoms with Gasteiger partial charge in [0, 0.05) is 11.3 Å². The lowest BCUT2D eigenvalue weighted by atomic mass is 10.1. The van der Waals surface area contributed by atoms with Crippen molar-refractivity contribution < 1.29 is 9.21 Å². The van der Waals surface area contributed by atoms with E-state index in [2.05, 4.69) is 5.32 Å². The Hall–Kier alpha value is -2.03. The Bertz CT molecular complexity index is 555. The largest absolute Gasteiger partial charge is 0.459 e. The van der Waals surface area contributed by atoms with Gasteiger partial charge in [0.25, 0.3) is 5.91 Å². The Balaban J connectivity index is 2.22. The molecule has 1 aromatic carbocycles. The number of hydrogen-bond acceptors (Lipinski definition) is 2. The summed E-state index contributed by atoms with van der Waals surface area (Å²) in [4.78, 5) is 11.9. The van der Waals surface area contributed by atoms with Crippen LogP contribution in [0.25, 0.3) is 0 Å². The van der Waals surface area contributed by atoms with Crippen molar-refractivity contribution in [1.29, 1.82) is 0 Å². The molecular weight excluding hydrogens is 214 g/mol. The number of benzene rings is 1. The molecule has 0 saturated heterocycles. The summed E-state index contributed by atoms with van der Waals surface area (Å²) >= 11 is 0. The van der Waals surface area contributed by atoms with E-state index >= 15 is 0 Å². The van der Waals surface area contributed by atoms with Gasteiger partial charge in [0.2, 0.25) is 0 Å². The first-order valence-corrected chi connectivity index (χ1v) is 5.50. The first kappa shape index (κ1) is 11.5. The molecule has 0 aliphatic carbocycles. The van der Waals surface area contributed by atoms with E-state index in [1.54, 1.807) is 6.07 Å². The molecule has 3 heteroatoms. The highest BCUT2D eigenvalue weighted by Crippen LogP contribution is 2.18. The van der Waals surface area contributed by atoms with E-state index in [1.807, 2.05) is 39.0 Å². The van der Waals surface area contributed by atoms with Crippen LogP contribution in [0.4, 0.5) is 5.69 Å². The molecule has 1 N–H and O–H groups in total. The predicted octanol–water partition coefficient (Wildman–Crippen LogP) is 3.46. The molecule has 0 aliphatic heterocycles. The van der Waals surface area contributed by atoms with Crippen LogP contribution in [-0.2, 0) is 0 Å². The van der Waals surface area contributed by atoms with Crippen LogP contribution in [0, 0.1) is 20.8 Å². The van der Waals surface area contributed by atoms with E-state index in [0.29, 0.717) is 5.76 Å². The average molecular weight is 229 g/mol. The number of hydrogen-bond donors (Lipinski definition) is 1. The van der Waals surface area contributed by atoms with Crippen molar-refractivity contribution in [1.82, 2.24) is 0 Å². The third-order valence-corrected chi connectivity index (χ3v) is 2.70. The van der Waals surface area contributed by atoms with Gasteiger partial charge < -0.3 is 9.73 Å². The van der Waals surface area contributed by atoms with Crippen LogP contribution in [0.3, 0.4) is 0 Å². The van der Waals surface area contributed by atoms with Gasteiger partial charge in [-0.2, -0.15) is 0 Å². The Morgan fingerprint density at radius 3 is 2.47 bits per heavy atom. The van der Waals surface area contributed by atoms with E-state index < -0.39 is 0 Å². The summed E-state index contributed by atoms with van der Waals surface area (Å²) in [6.07, 6.45) is 1.52. The van der Waals surface area contributed by atoms with Crippen LogP contribution in [0.15, 0.2) is 34.9 Å². The summed E-state index contributed by atoms with van der Waals surface area (Å²) in [5, 5.41) is 2.85. The third kappa shape index (κ3) is 2.38. The van der Waals surface area contributed by atoms with Gasteiger partial charge in [0.05, 0.1) is 6.26 Å². The second-order valence-electron chi connectivity index (χ2n) is 4.21. The normalized spacial score (nSPS) is 10.3. The van der Waals surface area contributed by atoms with Crippen molar-refractivity contribution in [3.8, 4) is 0 Å². The van der Waals surface area contributed by atoms with Gasteiger partial charge in [-0.15, -0.1) is 0 Å². The van der Waals surface area contributed by atoms with Crippen LogP contribution < -0.4 is 5.32 Å². The highest BCUT2D eigenvalue weighted by Gasteiger charge is 2.13. The molecule has 88 valence electrons. The van der Waals surface area contributed by atoms with Gasteiger partial charge in [0.15, 0.2) is 5.76 Å². The van der Waals surface area contributed by atoms with Crippen LogP contribution in [-0.4, -0.2) is 5.91 Å². The molecule has 0 spiro atoms. The van der Waals surface area contributed by atoms with E-state index in [4.69, 9.17) is 4.42 Å². The maximum Gasteiger partial charge on any atom is 0.291 e. The minimum atomic E-state index is -0.209. The van der Waals surface area contributed by atoms with Gasteiger partial charge in [-0.1, -0.05) is 17.7 Å². The molecule has 1 amide bonds. The minimum absolute atomic E-state index is 0.209. The fourth-order valence-electron chi connectivity index (χ4n) is 1.74. The van der Waals surface area contributed by atoms with Crippen LogP contribution in [0.1, 0.15) is 27.2 Å². The van der Waals surface area contributed by atoms with Crippen molar-refractivity contribution in [2.24, 2.45) is 0 Å². The van der Waals surface area contributed by atoms with Crippen molar-refractivity contribution in [2.45, 2.75) is 20.8 Å². The number of furan rings is 1. The molecule has 0 radical (unpaired) electrons. The topological polar surface area (TPSA) is 42.2 Å². The summed E-state index contributed by atoms with van der Waals surface area (Å²) in [6.45, 7) is 5.84. The monoisotopic (exact) mass is 229 g/mol. The maximum absolute atomic E-state index is 11.9. The van der Waals surface area contributed by atoms with Gasteiger partial charge in [-0.05, 0) is 38.5 Å². The molecule has 0 atom stereocenters. The third-order valence-electron chi connectivity index (χ3n) is 2.70. The lowest BCUT2D eigenvalue weighted by Gasteiger charge is -2.08. The van der Waals surface area contributed by atoms with E-state index in [0.717, 1.165) is 16.8 Å². The van der Waals surface area contributed by atoms with Crippen molar-refractivity contribution in [3.63, 3.8) is 0 Å². The SMILES string of the molecule is Cc1ccc(NC(=O)c2occc2C)c(C)c1. The number of nitrogens with one attached hydrogen (secondary N) is 1. The summed E-state index contributed by atoms with van der Waals surface area (Å²) in [7, 11) is 0. The molecule has 2 rings (SSSR count). The second kappa shape index (κ2) is 4.45. The van der Waals surface area contributed by atoms with Gasteiger partial charge >= 0.3 is 0 Å². The number of anilines is 1. The first-order chi connectivity index (χ1) is 8.08. The first-order valence-electron chi connectivity index (χ1n) is 5.50. The molecule has 0 unspecified atom stereocenters. The molecular formula is C14H15NO2. The Kier molecular flexibility index (Phi) is 3.00. The lowest BCUT2D eigenvalue weighted by molar-refractivity contribution is 0.0996. The molecule has 1 aromatic heterocycles. The summed E-state index contributed by atoms with van der Waals surface area (Å²) in [5.41, 5.74) is 3.88. The Labute approximate surface area is 100 Å². The van der Waals surface area contributed by atoms with Crippen molar-refractivity contribution in [3.05, 3.63) is 53.0 Å². The number of aryl methyl sites for hydroxylation is 3. The Morgan fingerprint density at radius 2 is 1.88 bits per heavy atom. The molecule has 17 heavy (non-hydrogen) atoms. The van der Waals surface area contributed by atoms with E-state index in [-0.39, 0.29) is 5.91 Å². The molecule has 0 fully saturated rings. The number of carbonyl (C=O) groups is 1. The van der Waals surface area contributed by atoms with Gasteiger partial charge in [0.1, 0.15) is 0 Å². The predicted molar refractivity (Wildman–Crippen MR) is 67.3 cm³/mol. The number of amides is 1. The second-order valence-corrected chi connectivity index (χ2v) is 4.21. The zero-order valence-corrected chi connectivity index (χ0v) is 10.2. The zero-order valence-electron chi connectivity index (χ0n) is 10.2. The minimum Gasteiger partial charge on any atom is -0.459 e. The molecule has 3 nitrogen and oxygen atoms in total. The quantitative estimate of drug-likeness (QED) is 0.856. The number of rotatable bonds is 2. The van der Waals surface area contributed by atoms with Crippen molar-refractivity contribution in [2.75, 3.05) is 5.32 Å². The van der Waals surface area contributed by atoms with Crippen molar-refractivity contribution >= 4 is 11.6 Å². The molecule has 0 bridgehead atoms. The summed E-state index contributed by atoms with van der Waals surface area (Å²) in [5.74, 6) is 0.157. The Morgan fingerprint density at radius 1 is 1.12 bits per heavy atom. The fraction of sp³-hybridized carbons (Fsp3) is 0.214. The number of carbonyl (C=O) groups excluding carboxylic acids is 1. The molecule has 0 aliphatic rings. The lowest BCUT2D eigenvalue weighted by Crippen LogP contribution is -2.12. The average Bonchev–Trinajstić information content (AvgIpc) is 2.68. The standard InChI is InChI=1S/C14H15NO2/c1-9-4-5-12(11(3)8-9)15-14(16)13-10(2)6-7-17-13/h4-8H,1-3H3,(H,15,16). The van der Waals surface area contributed by atoms with Crippen LogP contribution >= 0.6 is 0 Å². The van der Waals surface area contributed by atoms with Gasteiger partial charge in [-0.25, -0.2) is 0 Å². The van der Waals surface area contributed by atoms with Gasteiger partial charge in [-0.3, -0.25) is 4.79 Å². The highest BCUT2D eigenvalue weighted by atomic mass is 16.3. The van der Waals surface area contributed by atoms with Crippen LogP contribution in [0.2, 0.25) is 0 Å². The summed E-state index contributed by atoms with van der Waals surface area (Å²) in [6, 6.07) is 7.68. The molecule has 1 heterocycles. The molecule has 2 aromatic rings. The fourth-order valence-corrected chi connectivity index (χ4v) is 1.74. The van der Waals surface area contributed by atoms with E-state index in [1.165, 1.54) is 11.8 Å². The maximum atomic E-state index is 11.9. The smallest absolute Gasteiger partial charge is 0.291 e. The highest BCUT2D eigenvalue weighted by molar-refractivity contribution is 6.03. The zero-order chi connectivity index (χ0) is 12.4. The summed E-state index contributed by atoms with van der Waals surface area (Å²) < 4.78 is 5.15. The van der Waals surface area contributed by atoms with Crippen LogP contribution in [0.5, 0.6) is 0 Å². The van der Waals surface area contributed by atoms with E-state index in [9.17, 15) is 4.79 Å².